The molecule has 27 heavy (non-hydrogen) atoms. The molecule has 0 aliphatic rings. The maximum Gasteiger partial charge on any atom is 0.317 e. The molecule has 1 aromatic carbocycles. The molecule has 0 fully saturated rings. The first-order valence-corrected chi connectivity index (χ1v) is 11.0. The van der Waals surface area contributed by atoms with E-state index in [1.807, 2.05) is 13.8 Å². The van der Waals surface area contributed by atoms with Gasteiger partial charge in [0.2, 0.25) is 0 Å². The monoisotopic (exact) mass is 400 g/mol. The van der Waals surface area contributed by atoms with E-state index in [1.165, 1.54) is 14.0 Å². The molecule has 2 amide bonds. The van der Waals surface area contributed by atoms with E-state index in [1.54, 1.807) is 23.1 Å². The summed E-state index contributed by atoms with van der Waals surface area (Å²) in [6.07, 6.45) is 2.75. The number of benzene rings is 1. The van der Waals surface area contributed by atoms with Crippen LogP contribution in [-0.4, -0.2) is 44.8 Å². The molecule has 0 aromatic heterocycles. The van der Waals surface area contributed by atoms with Crippen molar-refractivity contribution in [2.75, 3.05) is 19.4 Å². The van der Waals surface area contributed by atoms with Crippen LogP contribution in [0.1, 0.15) is 52.5 Å². The van der Waals surface area contributed by atoms with Gasteiger partial charge in [-0.2, -0.15) is 8.42 Å². The third-order valence-corrected chi connectivity index (χ3v) is 5.48. The topological polar surface area (TPSA) is 84.9 Å². The summed E-state index contributed by atoms with van der Waals surface area (Å²) < 4.78 is 34.0. The fraction of sp³-hybridized carbons (Fsp3) is 0.632. The van der Waals surface area contributed by atoms with Crippen molar-refractivity contribution in [3.63, 3.8) is 0 Å². The lowest BCUT2D eigenvalue weighted by Crippen LogP contribution is -2.44. The Morgan fingerprint density at radius 3 is 2.48 bits per heavy atom. The summed E-state index contributed by atoms with van der Waals surface area (Å²) in [7, 11) is -2.22. The summed E-state index contributed by atoms with van der Waals surface area (Å²) in [5.74, 6) is 0.324. The Morgan fingerprint density at radius 1 is 1.22 bits per heavy atom. The predicted octanol–water partition coefficient (Wildman–Crippen LogP) is 3.53. The maximum absolute atomic E-state index is 12.6. The van der Waals surface area contributed by atoms with Gasteiger partial charge in [0.15, 0.2) is 11.5 Å². The molecule has 1 N–H and O–H groups in total. The number of hydrogen-bond acceptors (Lipinski definition) is 5. The summed E-state index contributed by atoms with van der Waals surface area (Å²) in [5.41, 5.74) is 0.767. The Morgan fingerprint density at radius 2 is 1.93 bits per heavy atom. The van der Waals surface area contributed by atoms with Crippen molar-refractivity contribution >= 4 is 16.1 Å². The van der Waals surface area contributed by atoms with Gasteiger partial charge < -0.3 is 19.1 Å². The number of methoxy groups -OCH3 is 1. The minimum atomic E-state index is -3.68. The lowest BCUT2D eigenvalue weighted by atomic mass is 10.1. The van der Waals surface area contributed by atoms with Gasteiger partial charge in [-0.25, -0.2) is 4.79 Å². The number of carbonyl (C=O) groups excluding carboxylic acids is 1. The Bertz CT molecular complexity index is 706. The number of carbonyl (C=O) groups is 1. The lowest BCUT2D eigenvalue weighted by molar-refractivity contribution is 0.173. The zero-order chi connectivity index (χ0) is 20.4. The van der Waals surface area contributed by atoms with Gasteiger partial charge in [-0.3, -0.25) is 0 Å². The molecular formula is C19H32N2O5S. The second-order valence-corrected chi connectivity index (χ2v) is 8.24. The summed E-state index contributed by atoms with van der Waals surface area (Å²) >= 11 is 0. The Kier molecular flexibility index (Phi) is 9.41. The number of urea groups is 1. The van der Waals surface area contributed by atoms with E-state index in [2.05, 4.69) is 12.2 Å². The highest BCUT2D eigenvalue weighted by atomic mass is 32.2. The number of amides is 2. The molecule has 0 saturated heterocycles. The highest BCUT2D eigenvalue weighted by Crippen LogP contribution is 2.30. The number of unbranched alkanes of at least 4 members (excludes halogenated alkanes) is 1. The Hall–Kier alpha value is -1.96. The average Bonchev–Trinajstić information content (AvgIpc) is 2.65. The Labute approximate surface area is 163 Å². The maximum atomic E-state index is 12.6. The van der Waals surface area contributed by atoms with Crippen LogP contribution in [0, 0.1) is 0 Å². The second-order valence-electron chi connectivity index (χ2n) is 6.39. The van der Waals surface area contributed by atoms with Crippen molar-refractivity contribution < 1.29 is 22.1 Å². The normalized spacial score (nSPS) is 12.3. The third-order valence-electron chi connectivity index (χ3n) is 4.34. The van der Waals surface area contributed by atoms with Crippen molar-refractivity contribution in [1.82, 2.24) is 10.2 Å². The van der Waals surface area contributed by atoms with Gasteiger partial charge in [-0.1, -0.05) is 26.3 Å². The Balaban J connectivity index is 3.05. The van der Waals surface area contributed by atoms with Crippen molar-refractivity contribution in [3.05, 3.63) is 23.8 Å². The van der Waals surface area contributed by atoms with E-state index in [-0.39, 0.29) is 23.6 Å². The molecule has 0 spiro atoms. The van der Waals surface area contributed by atoms with Crippen LogP contribution in [0.25, 0.3) is 0 Å². The molecule has 0 aliphatic heterocycles. The number of rotatable bonds is 11. The molecule has 8 heteroatoms. The largest absolute Gasteiger partial charge is 0.493 e. The molecule has 1 atom stereocenters. The molecule has 0 saturated carbocycles. The standard InChI is InChI=1S/C19H32N2O5S/c1-6-9-12-20-19(22)21(15(4)7-2)14-16-10-11-17(25-5)18(13-16)26-27(23,24)8-3/h10-11,13,15H,6-9,12,14H2,1-5H3,(H,20,22)/t15-/m0/s1. The smallest absolute Gasteiger partial charge is 0.317 e. The summed E-state index contributed by atoms with van der Waals surface area (Å²) in [4.78, 5) is 14.3. The van der Waals surface area contributed by atoms with E-state index in [0.29, 0.717) is 18.8 Å². The SMILES string of the molecule is CCCCNC(=O)N(Cc1ccc(OC)c(OS(=O)(=O)CC)c1)[C@@H](C)CC. The van der Waals surface area contributed by atoms with E-state index >= 15 is 0 Å². The predicted molar refractivity (Wildman–Crippen MR) is 107 cm³/mol. The van der Waals surface area contributed by atoms with Gasteiger partial charge in [0.1, 0.15) is 0 Å². The van der Waals surface area contributed by atoms with Gasteiger partial charge in [-0.05, 0) is 44.4 Å². The zero-order valence-corrected chi connectivity index (χ0v) is 17.8. The number of ether oxygens (including phenoxy) is 1. The van der Waals surface area contributed by atoms with Crippen LogP contribution in [0.15, 0.2) is 18.2 Å². The first kappa shape index (κ1) is 23.1. The quantitative estimate of drug-likeness (QED) is 0.454. The molecular weight excluding hydrogens is 368 g/mol. The molecule has 0 unspecified atom stereocenters. The van der Waals surface area contributed by atoms with Gasteiger partial charge in [0.05, 0.1) is 12.9 Å². The van der Waals surface area contributed by atoms with Crippen molar-refractivity contribution in [2.45, 2.75) is 59.5 Å². The fourth-order valence-electron chi connectivity index (χ4n) is 2.40. The van der Waals surface area contributed by atoms with Crippen molar-refractivity contribution in [3.8, 4) is 11.5 Å². The minimum Gasteiger partial charge on any atom is -0.493 e. The molecule has 1 rings (SSSR count). The first-order valence-electron chi connectivity index (χ1n) is 9.41. The van der Waals surface area contributed by atoms with Crippen LogP contribution in [-0.2, 0) is 16.7 Å². The molecule has 154 valence electrons. The van der Waals surface area contributed by atoms with Crippen LogP contribution in [0.5, 0.6) is 11.5 Å². The highest BCUT2D eigenvalue weighted by Gasteiger charge is 2.21. The zero-order valence-electron chi connectivity index (χ0n) is 16.9. The van der Waals surface area contributed by atoms with Gasteiger partial charge >= 0.3 is 16.1 Å². The molecule has 1 aromatic rings. The number of hydrogen-bond donors (Lipinski definition) is 1. The summed E-state index contributed by atoms with van der Waals surface area (Å²) in [5, 5.41) is 2.94. The highest BCUT2D eigenvalue weighted by molar-refractivity contribution is 7.87. The van der Waals surface area contributed by atoms with Crippen LogP contribution >= 0.6 is 0 Å². The fourth-order valence-corrected chi connectivity index (χ4v) is 2.92. The summed E-state index contributed by atoms with van der Waals surface area (Å²) in [6.45, 7) is 8.57. The molecule has 7 nitrogen and oxygen atoms in total. The van der Waals surface area contributed by atoms with E-state index in [4.69, 9.17) is 8.92 Å². The molecule has 0 radical (unpaired) electrons. The van der Waals surface area contributed by atoms with Crippen molar-refractivity contribution in [1.29, 1.82) is 0 Å². The third kappa shape index (κ3) is 7.28. The van der Waals surface area contributed by atoms with Gasteiger partial charge in [0, 0.05) is 19.1 Å². The second kappa shape index (κ2) is 11.0. The van der Waals surface area contributed by atoms with E-state index in [0.717, 1.165) is 24.8 Å². The molecule has 0 heterocycles. The number of nitrogens with zero attached hydrogens (tertiary/aromatic N) is 1. The van der Waals surface area contributed by atoms with Gasteiger partial charge in [-0.15, -0.1) is 0 Å². The van der Waals surface area contributed by atoms with Crippen LogP contribution < -0.4 is 14.2 Å². The minimum absolute atomic E-state index is 0.0393. The molecule has 0 bridgehead atoms. The van der Waals surface area contributed by atoms with E-state index < -0.39 is 10.1 Å². The van der Waals surface area contributed by atoms with Gasteiger partial charge in [0.25, 0.3) is 0 Å². The lowest BCUT2D eigenvalue weighted by Gasteiger charge is -2.29. The van der Waals surface area contributed by atoms with Crippen LogP contribution in [0.3, 0.4) is 0 Å². The van der Waals surface area contributed by atoms with Crippen LogP contribution in [0.4, 0.5) is 4.79 Å². The molecule has 0 aliphatic carbocycles. The average molecular weight is 401 g/mol. The van der Waals surface area contributed by atoms with Crippen LogP contribution in [0.2, 0.25) is 0 Å². The first-order chi connectivity index (χ1) is 12.8. The summed E-state index contributed by atoms with van der Waals surface area (Å²) in [6, 6.07) is 4.98. The van der Waals surface area contributed by atoms with Crippen molar-refractivity contribution in [2.24, 2.45) is 0 Å². The number of nitrogens with one attached hydrogen (secondary N) is 1. The van der Waals surface area contributed by atoms with E-state index in [9.17, 15) is 13.2 Å².